The Bertz CT molecular complexity index is 927. The van der Waals surface area contributed by atoms with Crippen LogP contribution in [0.1, 0.15) is 37.0 Å². The molecule has 35 heavy (non-hydrogen) atoms. The number of piperidine rings is 1. The topological polar surface area (TPSA) is 67.3 Å². The van der Waals surface area contributed by atoms with Crippen LogP contribution in [0.25, 0.3) is 0 Å². The van der Waals surface area contributed by atoms with E-state index >= 15 is 0 Å². The van der Waals surface area contributed by atoms with Crippen LogP contribution in [-0.2, 0) is 4.79 Å². The van der Waals surface area contributed by atoms with Gasteiger partial charge in [0.2, 0.25) is 5.60 Å². The molecule has 1 aromatic rings. The largest absolute Gasteiger partial charge is 0.426 e. The molecule has 2 aliphatic heterocycles. The first-order chi connectivity index (χ1) is 16.3. The molecule has 7 nitrogen and oxygen atoms in total. The van der Waals surface area contributed by atoms with Crippen molar-refractivity contribution < 1.29 is 27.9 Å². The van der Waals surface area contributed by atoms with Crippen molar-refractivity contribution in [2.75, 3.05) is 58.3 Å². The van der Waals surface area contributed by atoms with Gasteiger partial charge in [-0.15, -0.1) is 0 Å². The van der Waals surface area contributed by atoms with Crippen LogP contribution in [0.5, 0.6) is 0 Å². The Kier molecular flexibility index (Phi) is 8.28. The number of halogens is 4. The van der Waals surface area contributed by atoms with E-state index in [2.05, 4.69) is 9.80 Å². The fourth-order valence-electron chi connectivity index (χ4n) is 4.83. The Morgan fingerprint density at radius 3 is 2.09 bits per heavy atom. The maximum atomic E-state index is 13.5. The standard InChI is InChI=1S/C24H34ClF3N4O3/c1-16(2)23(35,24(26,27)28)22(34)32-9-7-17(8-10-32)30-11-13-31(14-12-30)18-5-6-19(20(25)15-18)21(33)29(3)4/h5-6,15-17,35H,7-14H2,1-4H3/t23-/m1/s1. The van der Waals surface area contributed by atoms with Crippen LogP contribution in [0.15, 0.2) is 18.2 Å². The molecule has 0 unspecified atom stereocenters. The van der Waals surface area contributed by atoms with E-state index in [4.69, 9.17) is 11.6 Å². The van der Waals surface area contributed by atoms with Gasteiger partial charge in [0.25, 0.3) is 11.8 Å². The van der Waals surface area contributed by atoms with Crippen LogP contribution in [0.4, 0.5) is 18.9 Å². The van der Waals surface area contributed by atoms with E-state index in [0.717, 1.165) is 36.8 Å². The number of aliphatic hydroxyl groups is 1. The van der Waals surface area contributed by atoms with Gasteiger partial charge >= 0.3 is 6.18 Å². The van der Waals surface area contributed by atoms with Gasteiger partial charge in [-0.3, -0.25) is 14.5 Å². The molecule has 11 heteroatoms. The fourth-order valence-corrected chi connectivity index (χ4v) is 5.09. The number of carbonyl (C=O) groups excluding carboxylic acids is 2. The average Bonchev–Trinajstić information content (AvgIpc) is 2.81. The van der Waals surface area contributed by atoms with Gasteiger partial charge in [0.1, 0.15) is 0 Å². The summed E-state index contributed by atoms with van der Waals surface area (Å²) in [6, 6.07) is 5.59. The summed E-state index contributed by atoms with van der Waals surface area (Å²) >= 11 is 6.35. The predicted octanol–water partition coefficient (Wildman–Crippen LogP) is 3.10. The number of nitrogens with zero attached hydrogens (tertiary/aromatic N) is 4. The van der Waals surface area contributed by atoms with E-state index < -0.39 is 23.6 Å². The number of amides is 2. The van der Waals surface area contributed by atoms with Crippen molar-refractivity contribution in [2.45, 2.75) is 44.5 Å². The molecule has 1 aromatic carbocycles. The summed E-state index contributed by atoms with van der Waals surface area (Å²) in [6.07, 6.45) is -3.90. The van der Waals surface area contributed by atoms with Crippen LogP contribution >= 0.6 is 11.6 Å². The Balaban J connectivity index is 1.55. The number of alkyl halides is 3. The van der Waals surface area contributed by atoms with E-state index in [0.29, 0.717) is 23.4 Å². The summed E-state index contributed by atoms with van der Waals surface area (Å²) in [4.78, 5) is 32.0. The highest BCUT2D eigenvalue weighted by molar-refractivity contribution is 6.34. The Hall–Kier alpha value is -2.04. The fraction of sp³-hybridized carbons (Fsp3) is 0.667. The molecule has 196 valence electrons. The van der Waals surface area contributed by atoms with E-state index in [1.165, 1.54) is 18.7 Å². The second-order valence-corrected chi connectivity index (χ2v) is 10.2. The summed E-state index contributed by atoms with van der Waals surface area (Å²) in [5, 5.41) is 10.6. The highest BCUT2D eigenvalue weighted by Gasteiger charge is 2.62. The first-order valence-corrected chi connectivity index (χ1v) is 12.2. The van der Waals surface area contributed by atoms with Gasteiger partial charge in [0.15, 0.2) is 0 Å². The molecule has 2 saturated heterocycles. The van der Waals surface area contributed by atoms with Gasteiger partial charge < -0.3 is 19.8 Å². The maximum absolute atomic E-state index is 13.5. The molecule has 2 fully saturated rings. The van der Waals surface area contributed by atoms with Crippen LogP contribution in [-0.4, -0.2) is 103 Å². The number of rotatable bonds is 5. The van der Waals surface area contributed by atoms with Crippen LogP contribution in [0, 0.1) is 5.92 Å². The van der Waals surface area contributed by atoms with Crippen molar-refractivity contribution in [1.29, 1.82) is 0 Å². The number of piperazine rings is 1. The number of anilines is 1. The summed E-state index contributed by atoms with van der Waals surface area (Å²) < 4.78 is 40.5. The molecule has 0 bridgehead atoms. The first-order valence-electron chi connectivity index (χ1n) is 11.9. The number of carbonyl (C=O) groups is 2. The predicted molar refractivity (Wildman–Crippen MR) is 129 cm³/mol. The highest BCUT2D eigenvalue weighted by Crippen LogP contribution is 2.38. The second-order valence-electron chi connectivity index (χ2n) is 9.83. The maximum Gasteiger partial charge on any atom is 0.426 e. The normalized spacial score (nSPS) is 20.2. The minimum atomic E-state index is -5.02. The van der Waals surface area contributed by atoms with Crippen LogP contribution in [0.2, 0.25) is 5.02 Å². The molecule has 0 aliphatic carbocycles. The second kappa shape index (κ2) is 10.5. The van der Waals surface area contributed by atoms with Crippen molar-refractivity contribution >= 4 is 29.1 Å². The van der Waals surface area contributed by atoms with Crippen molar-refractivity contribution in [3.05, 3.63) is 28.8 Å². The molecule has 3 rings (SSSR count). The Labute approximate surface area is 209 Å². The smallest absolute Gasteiger partial charge is 0.372 e. The zero-order chi connectivity index (χ0) is 26.1. The van der Waals surface area contributed by atoms with E-state index in [9.17, 15) is 27.9 Å². The zero-order valence-electron chi connectivity index (χ0n) is 20.6. The molecule has 1 N–H and O–H groups in total. The molecule has 0 spiro atoms. The lowest BCUT2D eigenvalue weighted by Crippen LogP contribution is -2.63. The molecule has 1 atom stereocenters. The number of benzene rings is 1. The third-order valence-electron chi connectivity index (χ3n) is 7.13. The van der Waals surface area contributed by atoms with Gasteiger partial charge in [-0.25, -0.2) is 0 Å². The lowest BCUT2D eigenvalue weighted by Gasteiger charge is -2.45. The minimum absolute atomic E-state index is 0.154. The van der Waals surface area contributed by atoms with Crippen LogP contribution < -0.4 is 4.90 Å². The third-order valence-corrected chi connectivity index (χ3v) is 7.44. The number of likely N-dealkylation sites (tertiary alicyclic amines) is 1. The van der Waals surface area contributed by atoms with Crippen molar-refractivity contribution in [1.82, 2.24) is 14.7 Å². The Morgan fingerprint density at radius 2 is 1.63 bits per heavy atom. The Morgan fingerprint density at radius 1 is 1.06 bits per heavy atom. The number of hydrogen-bond acceptors (Lipinski definition) is 5. The number of hydrogen-bond donors (Lipinski definition) is 1. The van der Waals surface area contributed by atoms with Gasteiger partial charge in [0.05, 0.1) is 10.6 Å². The average molecular weight is 519 g/mol. The van der Waals surface area contributed by atoms with E-state index in [-0.39, 0.29) is 25.0 Å². The van der Waals surface area contributed by atoms with E-state index in [1.807, 2.05) is 6.07 Å². The molecule has 0 saturated carbocycles. The lowest BCUT2D eigenvalue weighted by atomic mass is 9.87. The highest BCUT2D eigenvalue weighted by atomic mass is 35.5. The van der Waals surface area contributed by atoms with Crippen LogP contribution in [0.3, 0.4) is 0 Å². The molecule has 2 heterocycles. The minimum Gasteiger partial charge on any atom is -0.372 e. The lowest BCUT2D eigenvalue weighted by molar-refractivity contribution is -0.269. The van der Waals surface area contributed by atoms with Crippen molar-refractivity contribution in [2.24, 2.45) is 5.92 Å². The summed E-state index contributed by atoms with van der Waals surface area (Å²) in [6.45, 7) is 5.82. The molecule has 2 amide bonds. The SMILES string of the molecule is CC(C)[C@@](O)(C(=O)N1CCC(N2CCN(c3ccc(C(=O)N(C)C)c(Cl)c3)CC2)CC1)C(F)(F)F. The van der Waals surface area contributed by atoms with Gasteiger partial charge in [-0.05, 0) is 31.0 Å². The van der Waals surface area contributed by atoms with Gasteiger partial charge in [0, 0.05) is 71.0 Å². The van der Waals surface area contributed by atoms with E-state index in [1.54, 1.807) is 26.2 Å². The molecule has 0 radical (unpaired) electrons. The summed E-state index contributed by atoms with van der Waals surface area (Å²) in [5.41, 5.74) is -1.97. The monoisotopic (exact) mass is 518 g/mol. The molecular formula is C24H34ClF3N4O3. The molecule has 2 aliphatic rings. The molecular weight excluding hydrogens is 485 g/mol. The molecule has 0 aromatic heterocycles. The summed E-state index contributed by atoms with van der Waals surface area (Å²) in [5.74, 6) is -2.68. The quantitative estimate of drug-likeness (QED) is 0.649. The van der Waals surface area contributed by atoms with Crippen molar-refractivity contribution in [3.8, 4) is 0 Å². The third kappa shape index (κ3) is 5.54. The first kappa shape index (κ1) is 27.5. The van der Waals surface area contributed by atoms with Crippen molar-refractivity contribution in [3.63, 3.8) is 0 Å². The van der Waals surface area contributed by atoms with Gasteiger partial charge in [-0.2, -0.15) is 13.2 Å². The zero-order valence-corrected chi connectivity index (χ0v) is 21.4. The van der Waals surface area contributed by atoms with Gasteiger partial charge in [-0.1, -0.05) is 25.4 Å². The summed E-state index contributed by atoms with van der Waals surface area (Å²) in [7, 11) is 3.35.